The van der Waals surface area contributed by atoms with Crippen molar-refractivity contribution >= 4 is 23.0 Å². The van der Waals surface area contributed by atoms with Crippen LogP contribution >= 0.6 is 0 Å². The summed E-state index contributed by atoms with van der Waals surface area (Å²) in [6, 6.07) is 14.1. The first-order valence-corrected chi connectivity index (χ1v) is 9.19. The number of amides is 1. The molecule has 1 aliphatic rings. The van der Waals surface area contributed by atoms with Gasteiger partial charge in [0.2, 0.25) is 5.91 Å². The van der Waals surface area contributed by atoms with Crippen molar-refractivity contribution in [1.29, 1.82) is 0 Å². The van der Waals surface area contributed by atoms with Crippen LogP contribution in [-0.2, 0) is 4.79 Å². The Bertz CT molecular complexity index is 737. The van der Waals surface area contributed by atoms with Crippen molar-refractivity contribution in [2.75, 3.05) is 42.3 Å². The number of nitrogens with one attached hydrogen (secondary N) is 2. The van der Waals surface area contributed by atoms with Gasteiger partial charge in [0.15, 0.2) is 0 Å². The van der Waals surface area contributed by atoms with E-state index in [1.54, 1.807) is 7.11 Å². The quantitative estimate of drug-likeness (QED) is 0.789. The van der Waals surface area contributed by atoms with Crippen LogP contribution in [0.15, 0.2) is 42.5 Å². The van der Waals surface area contributed by atoms with Crippen LogP contribution in [0.3, 0.4) is 0 Å². The number of rotatable bonds is 7. The smallest absolute Gasteiger partial charge is 0.226 e. The fourth-order valence-electron chi connectivity index (χ4n) is 3.23. The summed E-state index contributed by atoms with van der Waals surface area (Å²) < 4.78 is 5.34. The van der Waals surface area contributed by atoms with Crippen LogP contribution in [0.25, 0.3) is 0 Å². The number of hydrogen-bond donors (Lipinski definition) is 2. The van der Waals surface area contributed by atoms with Crippen LogP contribution in [0.4, 0.5) is 17.1 Å². The van der Waals surface area contributed by atoms with E-state index < -0.39 is 0 Å². The molecule has 26 heavy (non-hydrogen) atoms. The van der Waals surface area contributed by atoms with E-state index in [9.17, 15) is 4.79 Å². The van der Waals surface area contributed by atoms with Gasteiger partial charge in [0.1, 0.15) is 5.75 Å². The van der Waals surface area contributed by atoms with Gasteiger partial charge in [-0.05, 0) is 61.7 Å². The van der Waals surface area contributed by atoms with Gasteiger partial charge in [-0.3, -0.25) is 4.79 Å². The van der Waals surface area contributed by atoms with E-state index in [1.807, 2.05) is 37.3 Å². The summed E-state index contributed by atoms with van der Waals surface area (Å²) in [7, 11) is 1.65. The van der Waals surface area contributed by atoms with Crippen molar-refractivity contribution in [3.05, 3.63) is 48.0 Å². The van der Waals surface area contributed by atoms with E-state index in [0.717, 1.165) is 35.8 Å². The zero-order valence-corrected chi connectivity index (χ0v) is 15.5. The van der Waals surface area contributed by atoms with Crippen molar-refractivity contribution < 1.29 is 9.53 Å². The summed E-state index contributed by atoms with van der Waals surface area (Å²) in [5, 5.41) is 6.23. The molecule has 5 nitrogen and oxygen atoms in total. The summed E-state index contributed by atoms with van der Waals surface area (Å²) >= 11 is 0. The summed E-state index contributed by atoms with van der Waals surface area (Å²) in [6.07, 6.45) is 2.92. The predicted molar refractivity (Wildman–Crippen MR) is 107 cm³/mol. The van der Waals surface area contributed by atoms with Crippen LogP contribution in [0.2, 0.25) is 0 Å². The van der Waals surface area contributed by atoms with Crippen LogP contribution in [-0.4, -0.2) is 32.7 Å². The minimum absolute atomic E-state index is 0.00181. The maximum absolute atomic E-state index is 12.2. The van der Waals surface area contributed by atoms with Crippen LogP contribution < -0.4 is 20.3 Å². The van der Waals surface area contributed by atoms with E-state index in [-0.39, 0.29) is 5.91 Å². The lowest BCUT2D eigenvalue weighted by Gasteiger charge is -2.17. The van der Waals surface area contributed by atoms with Crippen LogP contribution in [0.5, 0.6) is 5.75 Å². The third-order valence-corrected chi connectivity index (χ3v) is 4.64. The Labute approximate surface area is 155 Å². The van der Waals surface area contributed by atoms with Gasteiger partial charge in [-0.15, -0.1) is 0 Å². The maximum atomic E-state index is 12.2. The van der Waals surface area contributed by atoms with E-state index in [0.29, 0.717) is 13.0 Å². The average molecular weight is 353 g/mol. The molecule has 0 radical (unpaired) electrons. The van der Waals surface area contributed by atoms with E-state index in [2.05, 4.69) is 27.7 Å². The molecule has 2 aromatic carbocycles. The lowest BCUT2D eigenvalue weighted by Crippen LogP contribution is -2.18. The molecule has 0 atom stereocenters. The number of carbonyl (C=O) groups excluding carboxylic acids is 1. The molecule has 5 heteroatoms. The van der Waals surface area contributed by atoms with Gasteiger partial charge < -0.3 is 20.3 Å². The molecule has 0 saturated carbocycles. The molecule has 0 aromatic heterocycles. The first-order valence-electron chi connectivity index (χ1n) is 9.19. The van der Waals surface area contributed by atoms with E-state index in [1.165, 1.54) is 18.5 Å². The van der Waals surface area contributed by atoms with Gasteiger partial charge in [-0.1, -0.05) is 6.07 Å². The molecule has 1 heterocycles. The molecule has 2 aromatic rings. The monoisotopic (exact) mass is 353 g/mol. The highest BCUT2D eigenvalue weighted by atomic mass is 16.5. The Hall–Kier alpha value is -2.69. The van der Waals surface area contributed by atoms with Gasteiger partial charge in [-0.25, -0.2) is 0 Å². The Kier molecular flexibility index (Phi) is 6.00. The number of ether oxygens (including phenoxy) is 1. The Morgan fingerprint density at radius 3 is 2.54 bits per heavy atom. The molecule has 0 spiro atoms. The normalized spacial score (nSPS) is 13.5. The van der Waals surface area contributed by atoms with Crippen molar-refractivity contribution in [1.82, 2.24) is 0 Å². The minimum Gasteiger partial charge on any atom is -0.495 e. The molecular weight excluding hydrogens is 326 g/mol. The number of aryl methyl sites for hydroxylation is 1. The SMILES string of the molecule is COc1ccc(C)cc1NCCC(=O)Nc1ccc(N2CCCC2)cc1. The third-order valence-electron chi connectivity index (χ3n) is 4.64. The van der Waals surface area contributed by atoms with Gasteiger partial charge >= 0.3 is 0 Å². The molecule has 0 bridgehead atoms. The van der Waals surface area contributed by atoms with Crippen LogP contribution in [0.1, 0.15) is 24.8 Å². The zero-order chi connectivity index (χ0) is 18.4. The van der Waals surface area contributed by atoms with Gasteiger partial charge in [0.25, 0.3) is 0 Å². The summed E-state index contributed by atoms with van der Waals surface area (Å²) in [6.45, 7) is 4.83. The Morgan fingerprint density at radius 2 is 1.85 bits per heavy atom. The number of benzene rings is 2. The molecule has 3 rings (SSSR count). The fraction of sp³-hybridized carbons (Fsp3) is 0.381. The molecule has 0 aliphatic carbocycles. The number of methoxy groups -OCH3 is 1. The van der Waals surface area contributed by atoms with Gasteiger partial charge in [-0.2, -0.15) is 0 Å². The molecule has 1 fully saturated rings. The lowest BCUT2D eigenvalue weighted by atomic mass is 10.2. The third kappa shape index (κ3) is 4.69. The summed E-state index contributed by atoms with van der Waals surface area (Å²) in [5.41, 5.74) is 4.13. The van der Waals surface area contributed by atoms with Crippen molar-refractivity contribution in [2.45, 2.75) is 26.2 Å². The fourth-order valence-corrected chi connectivity index (χ4v) is 3.23. The van der Waals surface area contributed by atoms with Gasteiger partial charge in [0.05, 0.1) is 12.8 Å². The Balaban J connectivity index is 1.47. The van der Waals surface area contributed by atoms with E-state index in [4.69, 9.17) is 4.74 Å². The molecule has 0 unspecified atom stereocenters. The highest BCUT2D eigenvalue weighted by Crippen LogP contribution is 2.25. The number of anilines is 3. The molecule has 1 aliphatic heterocycles. The number of hydrogen-bond acceptors (Lipinski definition) is 4. The zero-order valence-electron chi connectivity index (χ0n) is 15.5. The first kappa shape index (κ1) is 18.1. The molecular formula is C21H27N3O2. The van der Waals surface area contributed by atoms with E-state index >= 15 is 0 Å². The molecule has 2 N–H and O–H groups in total. The molecule has 1 amide bonds. The minimum atomic E-state index is -0.00181. The van der Waals surface area contributed by atoms with Crippen molar-refractivity contribution in [2.24, 2.45) is 0 Å². The summed E-state index contributed by atoms with van der Waals surface area (Å²) in [5.74, 6) is 0.784. The van der Waals surface area contributed by atoms with Crippen LogP contribution in [0, 0.1) is 6.92 Å². The summed E-state index contributed by atoms with van der Waals surface area (Å²) in [4.78, 5) is 14.6. The standard InChI is InChI=1S/C21H27N3O2/c1-16-5-10-20(26-2)19(15-16)22-12-11-21(25)23-17-6-8-18(9-7-17)24-13-3-4-14-24/h5-10,15,22H,3-4,11-14H2,1-2H3,(H,23,25). The second-order valence-electron chi connectivity index (χ2n) is 6.67. The molecule has 138 valence electrons. The largest absolute Gasteiger partial charge is 0.495 e. The highest BCUT2D eigenvalue weighted by molar-refractivity contribution is 5.91. The average Bonchev–Trinajstić information content (AvgIpc) is 3.17. The van der Waals surface area contributed by atoms with Gasteiger partial charge in [0, 0.05) is 37.4 Å². The topological polar surface area (TPSA) is 53.6 Å². The first-order chi connectivity index (χ1) is 12.7. The highest BCUT2D eigenvalue weighted by Gasteiger charge is 2.12. The number of carbonyl (C=O) groups is 1. The second kappa shape index (κ2) is 8.61. The van der Waals surface area contributed by atoms with Crippen molar-refractivity contribution in [3.63, 3.8) is 0 Å². The lowest BCUT2D eigenvalue weighted by molar-refractivity contribution is -0.115. The molecule has 1 saturated heterocycles. The Morgan fingerprint density at radius 1 is 1.12 bits per heavy atom. The predicted octanol–water partition coefficient (Wildman–Crippen LogP) is 4.04. The maximum Gasteiger partial charge on any atom is 0.226 e. The van der Waals surface area contributed by atoms with Crippen molar-refractivity contribution in [3.8, 4) is 5.75 Å². The second-order valence-corrected chi connectivity index (χ2v) is 6.67. The number of nitrogens with zero attached hydrogens (tertiary/aromatic N) is 1.